The summed E-state index contributed by atoms with van der Waals surface area (Å²) in [4.78, 5) is 28.2. The number of hydrogen-bond donors (Lipinski definition) is 2. The number of fused-ring (bicyclic) bond motifs is 1. The van der Waals surface area contributed by atoms with E-state index in [4.69, 9.17) is 5.11 Å². The van der Waals surface area contributed by atoms with Crippen LogP contribution in [0.4, 0.5) is 4.79 Å². The lowest BCUT2D eigenvalue weighted by atomic mass is 9.84. The Balaban J connectivity index is 1.28. The third-order valence-corrected chi connectivity index (χ3v) is 6.56. The van der Waals surface area contributed by atoms with Crippen molar-refractivity contribution >= 4 is 12.0 Å². The van der Waals surface area contributed by atoms with Crippen molar-refractivity contribution in [3.05, 3.63) is 35.9 Å². The SMILES string of the molecule is O=C(O)NC(CCN1CC2CN(C(=O)C3CCC3)C[C@@H]2C1)c1ccccc1. The van der Waals surface area contributed by atoms with Gasteiger partial charge in [-0.3, -0.25) is 4.79 Å². The fourth-order valence-corrected chi connectivity index (χ4v) is 4.83. The van der Waals surface area contributed by atoms with Gasteiger partial charge in [0.1, 0.15) is 0 Å². The van der Waals surface area contributed by atoms with Crippen molar-refractivity contribution in [3.8, 4) is 0 Å². The van der Waals surface area contributed by atoms with Crippen molar-refractivity contribution in [1.29, 1.82) is 0 Å². The number of carbonyl (C=O) groups is 2. The lowest BCUT2D eigenvalue weighted by Gasteiger charge is -2.30. The van der Waals surface area contributed by atoms with Crippen LogP contribution in [0.2, 0.25) is 0 Å². The van der Waals surface area contributed by atoms with E-state index < -0.39 is 6.09 Å². The summed E-state index contributed by atoms with van der Waals surface area (Å²) in [6.07, 6.45) is 3.15. The quantitative estimate of drug-likeness (QED) is 0.806. The minimum atomic E-state index is -0.979. The van der Waals surface area contributed by atoms with Crippen LogP contribution in [0, 0.1) is 17.8 Å². The Hall–Kier alpha value is -2.08. The van der Waals surface area contributed by atoms with Gasteiger partial charge in [-0.25, -0.2) is 4.79 Å². The molecule has 6 nitrogen and oxygen atoms in total. The van der Waals surface area contributed by atoms with Gasteiger partial charge in [-0.2, -0.15) is 0 Å². The van der Waals surface area contributed by atoms with Gasteiger partial charge < -0.3 is 20.2 Å². The molecule has 0 bridgehead atoms. The third-order valence-electron chi connectivity index (χ3n) is 6.56. The van der Waals surface area contributed by atoms with Crippen molar-refractivity contribution in [2.75, 3.05) is 32.7 Å². The van der Waals surface area contributed by atoms with E-state index in [0.29, 0.717) is 23.7 Å². The fraction of sp³-hybridized carbons (Fsp3) is 0.619. The Kier molecular flexibility index (Phi) is 5.34. The van der Waals surface area contributed by atoms with Crippen molar-refractivity contribution < 1.29 is 14.7 Å². The lowest BCUT2D eigenvalue weighted by molar-refractivity contribution is -0.137. The van der Waals surface area contributed by atoms with Crippen LogP contribution in [-0.2, 0) is 4.79 Å². The highest BCUT2D eigenvalue weighted by Gasteiger charge is 2.43. The normalized spacial score (nSPS) is 26.4. The summed E-state index contributed by atoms with van der Waals surface area (Å²) >= 11 is 0. The second-order valence-corrected chi connectivity index (χ2v) is 8.35. The number of carbonyl (C=O) groups excluding carboxylic acids is 1. The summed E-state index contributed by atoms with van der Waals surface area (Å²) in [5.41, 5.74) is 1.01. The molecule has 3 aliphatic rings. The fourth-order valence-electron chi connectivity index (χ4n) is 4.83. The molecule has 146 valence electrons. The molecule has 2 N–H and O–H groups in total. The first kappa shape index (κ1) is 18.3. The zero-order valence-electron chi connectivity index (χ0n) is 15.7. The molecule has 2 saturated heterocycles. The van der Waals surface area contributed by atoms with E-state index >= 15 is 0 Å². The maximum Gasteiger partial charge on any atom is 0.405 e. The van der Waals surface area contributed by atoms with Gasteiger partial charge in [0.05, 0.1) is 6.04 Å². The molecule has 2 heterocycles. The van der Waals surface area contributed by atoms with E-state index in [1.807, 2.05) is 30.3 Å². The largest absolute Gasteiger partial charge is 0.465 e. The van der Waals surface area contributed by atoms with E-state index in [9.17, 15) is 9.59 Å². The summed E-state index contributed by atoms with van der Waals surface area (Å²) < 4.78 is 0. The first-order valence-corrected chi connectivity index (χ1v) is 10.2. The van der Waals surface area contributed by atoms with E-state index in [1.165, 1.54) is 6.42 Å². The summed E-state index contributed by atoms with van der Waals surface area (Å²) in [5.74, 6) is 1.85. The Bertz CT molecular complexity index is 663. The molecular formula is C21H29N3O3. The highest BCUT2D eigenvalue weighted by atomic mass is 16.4. The van der Waals surface area contributed by atoms with Gasteiger partial charge in [-0.15, -0.1) is 0 Å². The van der Waals surface area contributed by atoms with Crippen molar-refractivity contribution in [2.45, 2.75) is 31.7 Å². The van der Waals surface area contributed by atoms with Gasteiger partial charge in [-0.1, -0.05) is 36.8 Å². The highest BCUT2D eigenvalue weighted by Crippen LogP contribution is 2.35. The molecule has 1 saturated carbocycles. The molecule has 6 heteroatoms. The maximum atomic E-state index is 12.5. The van der Waals surface area contributed by atoms with Crippen molar-refractivity contribution in [3.63, 3.8) is 0 Å². The molecule has 1 aliphatic carbocycles. The zero-order chi connectivity index (χ0) is 18.8. The zero-order valence-corrected chi connectivity index (χ0v) is 15.7. The van der Waals surface area contributed by atoms with E-state index in [2.05, 4.69) is 15.1 Å². The van der Waals surface area contributed by atoms with Gasteiger partial charge >= 0.3 is 6.09 Å². The molecule has 4 rings (SSSR count). The Labute approximate surface area is 160 Å². The molecule has 2 aliphatic heterocycles. The lowest BCUT2D eigenvalue weighted by Crippen LogP contribution is -2.39. The van der Waals surface area contributed by atoms with Crippen molar-refractivity contribution in [2.24, 2.45) is 17.8 Å². The molecule has 1 aromatic carbocycles. The Morgan fingerprint density at radius 2 is 1.74 bits per heavy atom. The third kappa shape index (κ3) is 4.10. The summed E-state index contributed by atoms with van der Waals surface area (Å²) in [7, 11) is 0. The molecule has 1 aromatic rings. The summed E-state index contributed by atoms with van der Waals surface area (Å²) in [6, 6.07) is 9.60. The van der Waals surface area contributed by atoms with E-state index in [-0.39, 0.29) is 6.04 Å². The minimum absolute atomic E-state index is 0.180. The molecule has 2 unspecified atom stereocenters. The van der Waals surface area contributed by atoms with Gasteiger partial charge in [0.15, 0.2) is 0 Å². The molecule has 0 radical (unpaired) electrons. The molecule has 27 heavy (non-hydrogen) atoms. The smallest absolute Gasteiger partial charge is 0.405 e. The van der Waals surface area contributed by atoms with E-state index in [1.54, 1.807) is 0 Å². The highest BCUT2D eigenvalue weighted by molar-refractivity contribution is 5.80. The second kappa shape index (κ2) is 7.89. The monoisotopic (exact) mass is 371 g/mol. The second-order valence-electron chi connectivity index (χ2n) is 8.35. The number of nitrogens with one attached hydrogen (secondary N) is 1. The first-order chi connectivity index (χ1) is 13.1. The van der Waals surface area contributed by atoms with Crippen molar-refractivity contribution in [1.82, 2.24) is 15.1 Å². The van der Waals surface area contributed by atoms with E-state index in [0.717, 1.165) is 57.5 Å². The molecule has 3 fully saturated rings. The van der Waals surface area contributed by atoms with Gasteiger partial charge in [0, 0.05) is 38.6 Å². The predicted molar refractivity (Wildman–Crippen MR) is 102 cm³/mol. The number of nitrogens with zero attached hydrogens (tertiary/aromatic N) is 2. The standard InChI is InChI=1S/C21H29N3O3/c25-20(16-7-4-8-16)24-13-17-11-23(12-18(17)14-24)10-9-19(22-21(26)27)15-5-2-1-3-6-15/h1-3,5-6,16-19,22H,4,7-14H2,(H,26,27)/t17-,18?,19?/m0/s1. The number of rotatable bonds is 6. The van der Waals surface area contributed by atoms with Crippen LogP contribution in [0.15, 0.2) is 30.3 Å². The van der Waals surface area contributed by atoms with Crippen LogP contribution in [-0.4, -0.2) is 59.6 Å². The van der Waals surface area contributed by atoms with Gasteiger partial charge in [0.25, 0.3) is 0 Å². The van der Waals surface area contributed by atoms with Crippen LogP contribution in [0.1, 0.15) is 37.3 Å². The first-order valence-electron chi connectivity index (χ1n) is 10.2. The minimum Gasteiger partial charge on any atom is -0.465 e. The number of benzene rings is 1. The Morgan fingerprint density at radius 3 is 2.30 bits per heavy atom. The van der Waals surface area contributed by atoms with Crippen LogP contribution >= 0.6 is 0 Å². The number of amides is 2. The average Bonchev–Trinajstić information content (AvgIpc) is 3.16. The number of hydrogen-bond acceptors (Lipinski definition) is 3. The van der Waals surface area contributed by atoms with Gasteiger partial charge in [0.2, 0.25) is 5.91 Å². The summed E-state index contributed by atoms with van der Waals surface area (Å²) in [5, 5.41) is 11.8. The van der Waals surface area contributed by atoms with Crippen LogP contribution in [0.25, 0.3) is 0 Å². The van der Waals surface area contributed by atoms with Crippen LogP contribution in [0.5, 0.6) is 0 Å². The molecule has 3 atom stereocenters. The number of likely N-dealkylation sites (tertiary alicyclic amines) is 2. The number of carboxylic acid groups (broad SMARTS) is 1. The van der Waals surface area contributed by atoms with Crippen LogP contribution in [0.3, 0.4) is 0 Å². The van der Waals surface area contributed by atoms with Crippen LogP contribution < -0.4 is 5.32 Å². The topological polar surface area (TPSA) is 72.9 Å². The predicted octanol–water partition coefficient (Wildman–Crippen LogP) is 2.58. The molecule has 0 aromatic heterocycles. The Morgan fingerprint density at radius 1 is 1.07 bits per heavy atom. The van der Waals surface area contributed by atoms with Gasteiger partial charge in [-0.05, 0) is 36.7 Å². The average molecular weight is 371 g/mol. The molecule has 0 spiro atoms. The summed E-state index contributed by atoms with van der Waals surface area (Å²) in [6.45, 7) is 4.74. The molecular weight excluding hydrogens is 342 g/mol. The molecule has 2 amide bonds. The maximum absolute atomic E-state index is 12.5.